The molecule has 0 aliphatic carbocycles. The first-order valence-corrected chi connectivity index (χ1v) is 9.77. The lowest BCUT2D eigenvalue weighted by Crippen LogP contribution is -2.22. The number of aromatic nitrogens is 2. The molecule has 0 unspecified atom stereocenters. The lowest BCUT2D eigenvalue weighted by Gasteiger charge is -2.21. The molecule has 0 bridgehead atoms. The zero-order valence-corrected chi connectivity index (χ0v) is 16.9. The Hall–Kier alpha value is -3.04. The molecule has 6 nitrogen and oxygen atoms in total. The minimum absolute atomic E-state index is 0.352. The average molecular weight is 451 g/mol. The van der Waals surface area contributed by atoms with Crippen molar-refractivity contribution < 1.29 is 22.6 Å². The van der Waals surface area contributed by atoms with Gasteiger partial charge < -0.3 is 20.5 Å². The third-order valence-electron chi connectivity index (χ3n) is 4.73. The molecule has 0 radical (unpaired) electrons. The maximum absolute atomic E-state index is 12.9. The third kappa shape index (κ3) is 4.83. The Labute approximate surface area is 181 Å². The number of hydrogen-bond acceptors (Lipinski definition) is 6. The molecule has 0 saturated heterocycles. The number of benzene rings is 2. The van der Waals surface area contributed by atoms with Gasteiger partial charge in [0.15, 0.2) is 11.5 Å². The molecule has 4 rings (SSSR count). The first kappa shape index (κ1) is 21.2. The number of halogens is 4. The summed E-state index contributed by atoms with van der Waals surface area (Å²) >= 11 is 5.81. The monoisotopic (exact) mass is 450 g/mol. The van der Waals surface area contributed by atoms with E-state index in [0.29, 0.717) is 48.3 Å². The fraction of sp³-hybridized carbons (Fsp3) is 0.238. The van der Waals surface area contributed by atoms with Gasteiger partial charge in [0.05, 0.1) is 16.3 Å². The standard InChI is InChI=1S/C21H18ClF3N4O2/c22-15-7-13(1-3-14(15)21(23,24)25)17-9-20(29-11-28-17)27-10-16(26)12-2-4-18-19(8-12)31-6-5-30-18/h1-4,7-9,11,16H,5-6,10,26H2,(H,27,28,29)/t16-/m0/s1. The van der Waals surface area contributed by atoms with Gasteiger partial charge in [0.25, 0.3) is 0 Å². The number of anilines is 1. The van der Waals surface area contributed by atoms with Crippen LogP contribution in [0.3, 0.4) is 0 Å². The summed E-state index contributed by atoms with van der Waals surface area (Å²) in [4.78, 5) is 8.27. The number of hydrogen-bond donors (Lipinski definition) is 2. The SMILES string of the molecule is N[C@@H](CNc1cc(-c2ccc(C(F)(F)F)c(Cl)c2)ncn1)c1ccc2c(c1)OCCO2. The summed E-state index contributed by atoms with van der Waals surface area (Å²) < 4.78 is 49.8. The smallest absolute Gasteiger partial charge is 0.417 e. The fourth-order valence-corrected chi connectivity index (χ4v) is 3.43. The Kier molecular flexibility index (Phi) is 5.88. The topological polar surface area (TPSA) is 82.3 Å². The summed E-state index contributed by atoms with van der Waals surface area (Å²) in [5.74, 6) is 1.82. The highest BCUT2D eigenvalue weighted by Gasteiger charge is 2.33. The molecule has 0 amide bonds. The predicted octanol–water partition coefficient (Wildman–Crippen LogP) is 4.70. The second-order valence-corrected chi connectivity index (χ2v) is 7.28. The number of alkyl halides is 3. The molecule has 3 aromatic rings. The lowest BCUT2D eigenvalue weighted by molar-refractivity contribution is -0.137. The van der Waals surface area contributed by atoms with Gasteiger partial charge in [-0.2, -0.15) is 13.2 Å². The van der Waals surface area contributed by atoms with Crippen LogP contribution in [-0.2, 0) is 6.18 Å². The van der Waals surface area contributed by atoms with Gasteiger partial charge in [-0.15, -0.1) is 0 Å². The molecular weight excluding hydrogens is 433 g/mol. The fourth-order valence-electron chi connectivity index (χ4n) is 3.14. The van der Waals surface area contributed by atoms with Crippen LogP contribution in [0.2, 0.25) is 5.02 Å². The zero-order chi connectivity index (χ0) is 22.0. The molecule has 0 fully saturated rings. The molecule has 0 spiro atoms. The zero-order valence-electron chi connectivity index (χ0n) is 16.1. The van der Waals surface area contributed by atoms with Crippen LogP contribution in [0.4, 0.5) is 19.0 Å². The van der Waals surface area contributed by atoms with Crippen LogP contribution < -0.4 is 20.5 Å². The lowest BCUT2D eigenvalue weighted by atomic mass is 10.1. The van der Waals surface area contributed by atoms with Crippen LogP contribution in [-0.4, -0.2) is 29.7 Å². The molecule has 162 valence electrons. The number of nitrogens with zero attached hydrogens (tertiary/aromatic N) is 2. The van der Waals surface area contributed by atoms with Crippen LogP contribution in [0.5, 0.6) is 11.5 Å². The summed E-state index contributed by atoms with van der Waals surface area (Å²) in [6.07, 6.45) is -3.20. The van der Waals surface area contributed by atoms with Gasteiger partial charge in [0.2, 0.25) is 0 Å². The van der Waals surface area contributed by atoms with Crippen molar-refractivity contribution in [2.75, 3.05) is 25.1 Å². The van der Waals surface area contributed by atoms with E-state index in [-0.39, 0.29) is 6.04 Å². The number of rotatable bonds is 5. The van der Waals surface area contributed by atoms with E-state index in [1.165, 1.54) is 18.5 Å². The molecular formula is C21H18ClF3N4O2. The second-order valence-electron chi connectivity index (χ2n) is 6.87. The minimum atomic E-state index is -4.52. The van der Waals surface area contributed by atoms with Crippen molar-refractivity contribution in [2.45, 2.75) is 12.2 Å². The molecule has 31 heavy (non-hydrogen) atoms. The summed E-state index contributed by atoms with van der Waals surface area (Å²) in [5.41, 5.74) is 7.12. The molecule has 2 aromatic carbocycles. The van der Waals surface area contributed by atoms with Gasteiger partial charge in [-0.05, 0) is 29.8 Å². The molecule has 10 heteroatoms. The van der Waals surface area contributed by atoms with Crippen molar-refractivity contribution in [2.24, 2.45) is 5.73 Å². The molecule has 1 aromatic heterocycles. The van der Waals surface area contributed by atoms with Crippen molar-refractivity contribution in [1.29, 1.82) is 0 Å². The highest BCUT2D eigenvalue weighted by molar-refractivity contribution is 6.31. The molecule has 1 atom stereocenters. The summed E-state index contributed by atoms with van der Waals surface area (Å²) in [7, 11) is 0. The first-order chi connectivity index (χ1) is 14.8. The van der Waals surface area contributed by atoms with E-state index in [1.807, 2.05) is 18.2 Å². The van der Waals surface area contributed by atoms with E-state index in [0.717, 1.165) is 11.6 Å². The van der Waals surface area contributed by atoms with Crippen LogP contribution in [0.1, 0.15) is 17.2 Å². The highest BCUT2D eigenvalue weighted by atomic mass is 35.5. The third-order valence-corrected chi connectivity index (χ3v) is 5.05. The van der Waals surface area contributed by atoms with Crippen LogP contribution in [0.15, 0.2) is 48.8 Å². The summed E-state index contributed by atoms with van der Waals surface area (Å²) in [5, 5.41) is 2.73. The van der Waals surface area contributed by atoms with Crippen LogP contribution in [0, 0.1) is 0 Å². The highest BCUT2D eigenvalue weighted by Crippen LogP contribution is 2.36. The van der Waals surface area contributed by atoms with Crippen LogP contribution >= 0.6 is 11.6 Å². The van der Waals surface area contributed by atoms with Crippen molar-refractivity contribution >= 4 is 17.4 Å². The van der Waals surface area contributed by atoms with E-state index >= 15 is 0 Å². The van der Waals surface area contributed by atoms with E-state index in [4.69, 9.17) is 26.8 Å². The first-order valence-electron chi connectivity index (χ1n) is 9.39. The molecule has 0 saturated carbocycles. The van der Waals surface area contributed by atoms with Crippen LogP contribution in [0.25, 0.3) is 11.3 Å². The largest absolute Gasteiger partial charge is 0.486 e. The predicted molar refractivity (Wildman–Crippen MR) is 110 cm³/mol. The van der Waals surface area contributed by atoms with Gasteiger partial charge >= 0.3 is 6.18 Å². The Morgan fingerprint density at radius 2 is 1.81 bits per heavy atom. The quantitative estimate of drug-likeness (QED) is 0.586. The Morgan fingerprint density at radius 1 is 1.03 bits per heavy atom. The van der Waals surface area contributed by atoms with Crippen molar-refractivity contribution in [3.05, 3.63) is 64.9 Å². The van der Waals surface area contributed by atoms with Gasteiger partial charge in [0.1, 0.15) is 25.4 Å². The maximum Gasteiger partial charge on any atom is 0.417 e. The summed E-state index contributed by atoms with van der Waals surface area (Å²) in [6.45, 7) is 1.37. The minimum Gasteiger partial charge on any atom is -0.486 e. The molecule has 1 aliphatic heterocycles. The van der Waals surface area contributed by atoms with Gasteiger partial charge in [0, 0.05) is 24.2 Å². The van der Waals surface area contributed by atoms with E-state index in [1.54, 1.807) is 6.07 Å². The number of fused-ring (bicyclic) bond motifs is 1. The van der Waals surface area contributed by atoms with E-state index in [2.05, 4.69) is 15.3 Å². The van der Waals surface area contributed by atoms with E-state index < -0.39 is 16.8 Å². The van der Waals surface area contributed by atoms with Crippen molar-refractivity contribution in [1.82, 2.24) is 9.97 Å². The second kappa shape index (κ2) is 8.60. The number of nitrogens with two attached hydrogens (primary N) is 1. The van der Waals surface area contributed by atoms with E-state index in [9.17, 15) is 13.2 Å². The van der Waals surface area contributed by atoms with Gasteiger partial charge in [-0.3, -0.25) is 0 Å². The normalized spacial score (nSPS) is 14.2. The van der Waals surface area contributed by atoms with Crippen molar-refractivity contribution in [3.63, 3.8) is 0 Å². The molecule has 2 heterocycles. The van der Waals surface area contributed by atoms with Crippen molar-refractivity contribution in [3.8, 4) is 22.8 Å². The number of nitrogens with one attached hydrogen (secondary N) is 1. The maximum atomic E-state index is 12.9. The Bertz CT molecular complexity index is 1090. The average Bonchev–Trinajstić information content (AvgIpc) is 2.76. The molecule has 3 N–H and O–H groups in total. The summed E-state index contributed by atoms with van der Waals surface area (Å²) in [6, 6.07) is 10.3. The Morgan fingerprint density at radius 3 is 2.55 bits per heavy atom. The molecule has 1 aliphatic rings. The van der Waals surface area contributed by atoms with Gasteiger partial charge in [-0.1, -0.05) is 23.7 Å². The van der Waals surface area contributed by atoms with Gasteiger partial charge in [-0.25, -0.2) is 9.97 Å². The Balaban J connectivity index is 1.46. The number of ether oxygens (including phenoxy) is 2.